The molecule has 0 aliphatic carbocycles. The van der Waals surface area contributed by atoms with E-state index in [2.05, 4.69) is 5.32 Å². The molecular formula is C15H14ClNO4S. The van der Waals surface area contributed by atoms with Crippen LogP contribution in [-0.4, -0.2) is 25.1 Å². The zero-order valence-corrected chi connectivity index (χ0v) is 13.2. The molecule has 0 atom stereocenters. The van der Waals surface area contributed by atoms with Gasteiger partial charge >= 0.3 is 5.97 Å². The Hall–Kier alpha value is -2.05. The lowest BCUT2D eigenvalue weighted by Gasteiger charge is -2.07. The Labute approximate surface area is 136 Å². The molecule has 116 valence electrons. The van der Waals surface area contributed by atoms with E-state index in [9.17, 15) is 9.59 Å². The number of benzene rings is 1. The van der Waals surface area contributed by atoms with Crippen molar-refractivity contribution in [2.75, 3.05) is 13.2 Å². The predicted molar refractivity (Wildman–Crippen MR) is 84.1 cm³/mol. The largest absolute Gasteiger partial charge is 0.482 e. The summed E-state index contributed by atoms with van der Waals surface area (Å²) in [6, 6.07) is 10.4. The highest BCUT2D eigenvalue weighted by atomic mass is 35.5. The van der Waals surface area contributed by atoms with Crippen LogP contribution in [0.5, 0.6) is 5.75 Å². The molecular weight excluding hydrogens is 326 g/mol. The summed E-state index contributed by atoms with van der Waals surface area (Å²) in [5, 5.41) is 5.17. The summed E-state index contributed by atoms with van der Waals surface area (Å²) in [5.41, 5.74) is 0. The van der Waals surface area contributed by atoms with Gasteiger partial charge in [0.2, 0.25) is 0 Å². The maximum atomic E-state index is 11.5. The SMILES string of the molecule is O=C(COC(=O)COc1ccc(Cl)cc1)NCc1cccs1. The lowest BCUT2D eigenvalue weighted by atomic mass is 10.3. The monoisotopic (exact) mass is 339 g/mol. The summed E-state index contributed by atoms with van der Waals surface area (Å²) in [6.45, 7) is -0.163. The molecule has 0 unspecified atom stereocenters. The zero-order valence-electron chi connectivity index (χ0n) is 11.6. The quantitative estimate of drug-likeness (QED) is 0.788. The number of carbonyl (C=O) groups is 2. The molecule has 0 fully saturated rings. The number of hydrogen-bond acceptors (Lipinski definition) is 5. The summed E-state index contributed by atoms with van der Waals surface area (Å²) in [5.74, 6) is -0.460. The standard InChI is InChI=1S/C15H14ClNO4S/c16-11-3-5-12(6-4-11)20-10-15(19)21-9-14(18)17-8-13-2-1-7-22-13/h1-7H,8-10H2,(H,17,18). The highest BCUT2D eigenvalue weighted by Gasteiger charge is 2.08. The Kier molecular flexibility index (Phi) is 6.24. The Morgan fingerprint density at radius 2 is 1.91 bits per heavy atom. The molecule has 0 radical (unpaired) electrons. The van der Waals surface area contributed by atoms with Crippen molar-refractivity contribution in [3.05, 3.63) is 51.7 Å². The van der Waals surface area contributed by atoms with Crippen LogP contribution in [0.4, 0.5) is 0 Å². The minimum atomic E-state index is -0.610. The van der Waals surface area contributed by atoms with Crippen LogP contribution in [0.25, 0.3) is 0 Å². The molecule has 5 nitrogen and oxygen atoms in total. The first-order chi connectivity index (χ1) is 10.6. The smallest absolute Gasteiger partial charge is 0.344 e. The van der Waals surface area contributed by atoms with Gasteiger partial charge in [0.15, 0.2) is 13.2 Å². The molecule has 1 amide bonds. The van der Waals surface area contributed by atoms with Crippen molar-refractivity contribution in [1.82, 2.24) is 5.32 Å². The number of amides is 1. The average Bonchev–Trinajstić information content (AvgIpc) is 3.04. The Bertz CT molecular complexity index is 613. The lowest BCUT2D eigenvalue weighted by molar-refractivity contribution is -0.150. The molecule has 2 rings (SSSR count). The van der Waals surface area contributed by atoms with Crippen LogP contribution >= 0.6 is 22.9 Å². The van der Waals surface area contributed by atoms with Gasteiger partial charge in [0.25, 0.3) is 5.91 Å². The van der Waals surface area contributed by atoms with Gasteiger partial charge in [-0.3, -0.25) is 4.79 Å². The molecule has 0 saturated heterocycles. The van der Waals surface area contributed by atoms with E-state index in [0.717, 1.165) is 4.88 Å². The second-order valence-corrected chi connectivity index (χ2v) is 5.73. The molecule has 1 N–H and O–H groups in total. The highest BCUT2D eigenvalue weighted by molar-refractivity contribution is 7.09. The van der Waals surface area contributed by atoms with Gasteiger partial charge in [0.1, 0.15) is 5.75 Å². The molecule has 1 heterocycles. The average molecular weight is 340 g/mol. The van der Waals surface area contributed by atoms with E-state index in [1.807, 2.05) is 17.5 Å². The maximum absolute atomic E-state index is 11.5. The summed E-state index contributed by atoms with van der Waals surface area (Å²) in [4.78, 5) is 24.0. The second kappa shape index (κ2) is 8.41. The van der Waals surface area contributed by atoms with E-state index in [-0.39, 0.29) is 19.1 Å². The summed E-state index contributed by atoms with van der Waals surface area (Å²) < 4.78 is 10.0. The number of carbonyl (C=O) groups excluding carboxylic acids is 2. The van der Waals surface area contributed by atoms with Crippen molar-refractivity contribution in [1.29, 1.82) is 0 Å². The number of ether oxygens (including phenoxy) is 2. The van der Waals surface area contributed by atoms with E-state index < -0.39 is 5.97 Å². The van der Waals surface area contributed by atoms with Crippen molar-refractivity contribution < 1.29 is 19.1 Å². The van der Waals surface area contributed by atoms with Gasteiger partial charge in [-0.2, -0.15) is 0 Å². The van der Waals surface area contributed by atoms with Crippen molar-refractivity contribution in [2.24, 2.45) is 0 Å². The van der Waals surface area contributed by atoms with Gasteiger partial charge in [-0.05, 0) is 35.7 Å². The van der Waals surface area contributed by atoms with Crippen LogP contribution in [0, 0.1) is 0 Å². The molecule has 0 aliphatic heterocycles. The Morgan fingerprint density at radius 3 is 2.59 bits per heavy atom. The van der Waals surface area contributed by atoms with Crippen molar-refractivity contribution >= 4 is 34.8 Å². The highest BCUT2D eigenvalue weighted by Crippen LogP contribution is 2.15. The zero-order chi connectivity index (χ0) is 15.8. The predicted octanol–water partition coefficient (Wildman–Crippen LogP) is 2.64. The number of nitrogens with one attached hydrogen (secondary N) is 1. The molecule has 0 bridgehead atoms. The number of halogens is 1. The molecule has 0 spiro atoms. The van der Waals surface area contributed by atoms with Crippen LogP contribution in [0.2, 0.25) is 5.02 Å². The fraction of sp³-hybridized carbons (Fsp3) is 0.200. The van der Waals surface area contributed by atoms with Crippen LogP contribution in [0.1, 0.15) is 4.88 Å². The van der Waals surface area contributed by atoms with Crippen LogP contribution in [-0.2, 0) is 20.9 Å². The van der Waals surface area contributed by atoms with Crippen molar-refractivity contribution in [3.63, 3.8) is 0 Å². The minimum absolute atomic E-state index is 0.264. The van der Waals surface area contributed by atoms with E-state index >= 15 is 0 Å². The first-order valence-corrected chi connectivity index (χ1v) is 7.72. The molecule has 1 aromatic carbocycles. The van der Waals surface area contributed by atoms with Gasteiger partial charge in [0, 0.05) is 9.90 Å². The first-order valence-electron chi connectivity index (χ1n) is 6.46. The molecule has 2 aromatic rings. The van der Waals surface area contributed by atoms with Gasteiger partial charge < -0.3 is 14.8 Å². The lowest BCUT2D eigenvalue weighted by Crippen LogP contribution is -2.29. The fourth-order valence-electron chi connectivity index (χ4n) is 1.51. The molecule has 22 heavy (non-hydrogen) atoms. The van der Waals surface area contributed by atoms with E-state index in [4.69, 9.17) is 21.1 Å². The third kappa shape index (κ3) is 5.75. The third-order valence-electron chi connectivity index (χ3n) is 2.57. The number of esters is 1. The molecule has 0 aliphatic rings. The number of thiophene rings is 1. The normalized spacial score (nSPS) is 10.0. The van der Waals surface area contributed by atoms with E-state index in [1.165, 1.54) is 0 Å². The van der Waals surface area contributed by atoms with Crippen molar-refractivity contribution in [3.8, 4) is 5.75 Å². The van der Waals surface area contributed by atoms with Gasteiger partial charge in [0.05, 0.1) is 6.54 Å². The topological polar surface area (TPSA) is 64.6 Å². The second-order valence-electron chi connectivity index (χ2n) is 4.26. The van der Waals surface area contributed by atoms with Gasteiger partial charge in [-0.1, -0.05) is 17.7 Å². The number of hydrogen-bond donors (Lipinski definition) is 1. The summed E-state index contributed by atoms with van der Waals surface area (Å²) >= 11 is 7.28. The van der Waals surface area contributed by atoms with Gasteiger partial charge in [-0.25, -0.2) is 4.79 Å². The Balaban J connectivity index is 1.62. The molecule has 1 aromatic heterocycles. The summed E-state index contributed by atoms with van der Waals surface area (Å²) in [7, 11) is 0. The Morgan fingerprint density at radius 1 is 1.14 bits per heavy atom. The van der Waals surface area contributed by atoms with Crippen LogP contribution in [0.3, 0.4) is 0 Å². The van der Waals surface area contributed by atoms with E-state index in [0.29, 0.717) is 17.3 Å². The maximum Gasteiger partial charge on any atom is 0.344 e. The number of rotatable bonds is 7. The first kappa shape index (κ1) is 16.3. The van der Waals surface area contributed by atoms with Crippen LogP contribution < -0.4 is 10.1 Å². The van der Waals surface area contributed by atoms with Crippen LogP contribution in [0.15, 0.2) is 41.8 Å². The minimum Gasteiger partial charge on any atom is -0.482 e. The molecule has 7 heteroatoms. The van der Waals surface area contributed by atoms with E-state index in [1.54, 1.807) is 35.6 Å². The van der Waals surface area contributed by atoms with Crippen molar-refractivity contribution in [2.45, 2.75) is 6.54 Å². The molecule has 0 saturated carbocycles. The summed E-state index contributed by atoms with van der Waals surface area (Å²) in [6.07, 6.45) is 0. The van der Waals surface area contributed by atoms with Gasteiger partial charge in [-0.15, -0.1) is 11.3 Å². The third-order valence-corrected chi connectivity index (χ3v) is 3.70. The fourth-order valence-corrected chi connectivity index (χ4v) is 2.28.